The van der Waals surface area contributed by atoms with E-state index in [0.717, 1.165) is 24.3 Å². The molecule has 0 aliphatic rings. The standard InChI is InChI=1S/C14H9F2NO2S/c15-12-6-10(8-17)5-11(7-12)9-20(18,19)14-4-2-1-3-13(14)16/h1-7H,9H2. The van der Waals surface area contributed by atoms with Gasteiger partial charge in [0, 0.05) is 0 Å². The predicted molar refractivity (Wildman–Crippen MR) is 68.4 cm³/mol. The first-order chi connectivity index (χ1) is 9.42. The lowest BCUT2D eigenvalue weighted by atomic mass is 10.1. The van der Waals surface area contributed by atoms with Crippen molar-refractivity contribution in [3.05, 3.63) is 65.2 Å². The molecular weight excluding hydrogens is 284 g/mol. The van der Waals surface area contributed by atoms with Gasteiger partial charge in [-0.1, -0.05) is 12.1 Å². The summed E-state index contributed by atoms with van der Waals surface area (Å²) in [5, 5.41) is 8.72. The highest BCUT2D eigenvalue weighted by Gasteiger charge is 2.19. The number of hydrogen-bond acceptors (Lipinski definition) is 3. The van der Waals surface area contributed by atoms with Gasteiger partial charge in [-0.3, -0.25) is 0 Å². The maximum absolute atomic E-state index is 13.5. The highest BCUT2D eigenvalue weighted by molar-refractivity contribution is 7.90. The van der Waals surface area contributed by atoms with Crippen molar-refractivity contribution in [3.63, 3.8) is 0 Å². The van der Waals surface area contributed by atoms with Crippen molar-refractivity contribution in [1.82, 2.24) is 0 Å². The van der Waals surface area contributed by atoms with Gasteiger partial charge >= 0.3 is 0 Å². The molecule has 6 heteroatoms. The molecule has 0 aliphatic carbocycles. The average Bonchev–Trinajstić information content (AvgIpc) is 2.37. The lowest BCUT2D eigenvalue weighted by Gasteiger charge is -2.06. The van der Waals surface area contributed by atoms with Gasteiger partial charge in [0.1, 0.15) is 16.5 Å². The first kappa shape index (κ1) is 14.2. The van der Waals surface area contributed by atoms with Crippen molar-refractivity contribution in [2.24, 2.45) is 0 Å². The molecule has 3 nitrogen and oxygen atoms in total. The van der Waals surface area contributed by atoms with Crippen LogP contribution in [-0.4, -0.2) is 8.42 Å². The molecule has 0 spiro atoms. The number of sulfone groups is 1. The summed E-state index contributed by atoms with van der Waals surface area (Å²) in [5.41, 5.74) is 0.119. The van der Waals surface area contributed by atoms with Crippen LogP contribution in [0, 0.1) is 23.0 Å². The van der Waals surface area contributed by atoms with Gasteiger partial charge in [0.25, 0.3) is 0 Å². The Labute approximate surface area is 115 Å². The fourth-order valence-electron chi connectivity index (χ4n) is 1.79. The number of benzene rings is 2. The van der Waals surface area contributed by atoms with E-state index in [0.29, 0.717) is 0 Å². The Kier molecular flexibility index (Phi) is 3.81. The quantitative estimate of drug-likeness (QED) is 0.874. The Bertz CT molecular complexity index is 795. The summed E-state index contributed by atoms with van der Waals surface area (Å²) in [5.74, 6) is -2.13. The van der Waals surface area contributed by atoms with Crippen LogP contribution in [0.4, 0.5) is 8.78 Å². The molecule has 0 unspecified atom stereocenters. The van der Waals surface area contributed by atoms with E-state index >= 15 is 0 Å². The molecule has 0 amide bonds. The third-order valence-corrected chi connectivity index (χ3v) is 4.33. The molecule has 0 heterocycles. The molecule has 0 aromatic heterocycles. The second-order valence-electron chi connectivity index (χ2n) is 4.15. The molecule has 0 saturated heterocycles. The van der Waals surface area contributed by atoms with E-state index in [1.807, 2.05) is 0 Å². The first-order valence-corrected chi connectivity index (χ1v) is 7.24. The minimum atomic E-state index is -3.94. The molecule has 0 bridgehead atoms. The summed E-state index contributed by atoms with van der Waals surface area (Å²) in [6, 6.07) is 9.99. The SMILES string of the molecule is N#Cc1cc(F)cc(CS(=O)(=O)c2ccccc2F)c1. The largest absolute Gasteiger partial charge is 0.223 e. The molecule has 0 radical (unpaired) electrons. The van der Waals surface area contributed by atoms with Crippen LogP contribution in [-0.2, 0) is 15.6 Å². The van der Waals surface area contributed by atoms with Gasteiger partial charge in [-0.05, 0) is 35.9 Å². The number of rotatable bonds is 3. The fraction of sp³-hybridized carbons (Fsp3) is 0.0714. The van der Waals surface area contributed by atoms with E-state index in [1.54, 1.807) is 6.07 Å². The summed E-state index contributed by atoms with van der Waals surface area (Å²) < 4.78 is 50.9. The highest BCUT2D eigenvalue weighted by atomic mass is 32.2. The Morgan fingerprint density at radius 3 is 2.45 bits per heavy atom. The molecule has 20 heavy (non-hydrogen) atoms. The molecule has 2 aromatic rings. The Balaban J connectivity index is 2.42. The van der Waals surface area contributed by atoms with Crippen molar-refractivity contribution in [3.8, 4) is 6.07 Å². The summed E-state index contributed by atoms with van der Waals surface area (Å²) in [6.45, 7) is 0. The van der Waals surface area contributed by atoms with Crippen molar-refractivity contribution in [2.45, 2.75) is 10.6 Å². The van der Waals surface area contributed by atoms with Crippen molar-refractivity contribution in [1.29, 1.82) is 5.26 Å². The maximum atomic E-state index is 13.5. The average molecular weight is 293 g/mol. The summed E-state index contributed by atoms with van der Waals surface area (Å²) in [6.07, 6.45) is 0. The van der Waals surface area contributed by atoms with Crippen molar-refractivity contribution in [2.75, 3.05) is 0 Å². The normalized spacial score (nSPS) is 11.1. The minimum Gasteiger partial charge on any atom is -0.223 e. The molecule has 0 N–H and O–H groups in total. The molecule has 0 aliphatic heterocycles. The molecule has 0 atom stereocenters. The van der Waals surface area contributed by atoms with Crippen molar-refractivity contribution < 1.29 is 17.2 Å². The Hall–Kier alpha value is -2.26. The summed E-state index contributed by atoms with van der Waals surface area (Å²) in [4.78, 5) is -0.442. The zero-order valence-electron chi connectivity index (χ0n) is 10.2. The van der Waals surface area contributed by atoms with Gasteiger partial charge < -0.3 is 0 Å². The molecule has 2 aromatic carbocycles. The fourth-order valence-corrected chi connectivity index (χ4v) is 3.20. The lowest BCUT2D eigenvalue weighted by molar-refractivity contribution is 0.566. The molecule has 102 valence electrons. The minimum absolute atomic E-state index is 0.0173. The number of hydrogen-bond donors (Lipinski definition) is 0. The number of nitriles is 1. The van der Waals surface area contributed by atoms with Gasteiger partial charge in [0.2, 0.25) is 0 Å². The van der Waals surface area contributed by atoms with Crippen molar-refractivity contribution >= 4 is 9.84 Å². The van der Waals surface area contributed by atoms with Crippen LogP contribution in [0.2, 0.25) is 0 Å². The van der Waals surface area contributed by atoms with Crippen LogP contribution in [0.1, 0.15) is 11.1 Å². The van der Waals surface area contributed by atoms with E-state index in [-0.39, 0.29) is 11.1 Å². The van der Waals surface area contributed by atoms with Gasteiger partial charge in [-0.15, -0.1) is 0 Å². The molecule has 2 rings (SSSR count). The zero-order chi connectivity index (χ0) is 14.8. The second kappa shape index (κ2) is 5.39. The summed E-state index contributed by atoms with van der Waals surface area (Å²) in [7, 11) is -3.94. The van der Waals surface area contributed by atoms with E-state index < -0.39 is 32.1 Å². The lowest BCUT2D eigenvalue weighted by Crippen LogP contribution is -2.07. The van der Waals surface area contributed by atoms with Gasteiger partial charge in [0.05, 0.1) is 17.4 Å². The Morgan fingerprint density at radius 1 is 1.10 bits per heavy atom. The first-order valence-electron chi connectivity index (χ1n) is 5.59. The third-order valence-electron chi connectivity index (χ3n) is 2.62. The van der Waals surface area contributed by atoms with E-state index in [4.69, 9.17) is 5.26 Å². The molecular formula is C14H9F2NO2S. The molecule has 0 saturated carbocycles. The van der Waals surface area contributed by atoms with Crippen LogP contribution < -0.4 is 0 Å². The molecule has 0 fully saturated rings. The number of halogens is 2. The van der Waals surface area contributed by atoms with Crippen LogP contribution >= 0.6 is 0 Å². The van der Waals surface area contributed by atoms with Crippen LogP contribution in [0.3, 0.4) is 0 Å². The van der Waals surface area contributed by atoms with E-state index in [9.17, 15) is 17.2 Å². The monoisotopic (exact) mass is 293 g/mol. The predicted octanol–water partition coefficient (Wildman–Crippen LogP) is 2.81. The second-order valence-corrected chi connectivity index (χ2v) is 6.11. The van der Waals surface area contributed by atoms with Crippen LogP contribution in [0.15, 0.2) is 47.4 Å². The zero-order valence-corrected chi connectivity index (χ0v) is 11.0. The van der Waals surface area contributed by atoms with E-state index in [1.165, 1.54) is 18.2 Å². The van der Waals surface area contributed by atoms with Gasteiger partial charge in [-0.25, -0.2) is 17.2 Å². The van der Waals surface area contributed by atoms with Crippen LogP contribution in [0.25, 0.3) is 0 Å². The summed E-state index contributed by atoms with van der Waals surface area (Å²) >= 11 is 0. The smallest absolute Gasteiger partial charge is 0.185 e. The van der Waals surface area contributed by atoms with Gasteiger partial charge in [-0.2, -0.15) is 5.26 Å². The maximum Gasteiger partial charge on any atom is 0.185 e. The van der Waals surface area contributed by atoms with Crippen LogP contribution in [0.5, 0.6) is 0 Å². The Morgan fingerprint density at radius 2 is 1.80 bits per heavy atom. The topological polar surface area (TPSA) is 57.9 Å². The third kappa shape index (κ3) is 3.00. The number of nitrogens with zero attached hydrogens (tertiary/aromatic N) is 1. The van der Waals surface area contributed by atoms with Gasteiger partial charge in [0.15, 0.2) is 9.84 Å². The van der Waals surface area contributed by atoms with E-state index in [2.05, 4.69) is 0 Å². The highest BCUT2D eigenvalue weighted by Crippen LogP contribution is 2.20.